The summed E-state index contributed by atoms with van der Waals surface area (Å²) in [6, 6.07) is 0. The van der Waals surface area contributed by atoms with Crippen molar-refractivity contribution in [1.29, 1.82) is 0 Å². The van der Waals surface area contributed by atoms with Gasteiger partial charge in [-0.2, -0.15) is 0 Å². The lowest BCUT2D eigenvalue weighted by Crippen LogP contribution is -2.33. The Bertz CT molecular complexity index is 305. The van der Waals surface area contributed by atoms with Crippen molar-refractivity contribution in [3.8, 4) is 11.8 Å². The SMILES string of the molecule is CC(C)CC1(C(O)CC#CC(C)(C)C)CCCC1. The summed E-state index contributed by atoms with van der Waals surface area (Å²) in [5.41, 5.74) is 0.196. The molecule has 0 aliphatic heterocycles. The molecular formula is C17H30O. The first kappa shape index (κ1) is 15.6. The van der Waals surface area contributed by atoms with Crippen LogP contribution in [0.3, 0.4) is 0 Å². The van der Waals surface area contributed by atoms with E-state index in [2.05, 4.69) is 46.5 Å². The van der Waals surface area contributed by atoms with Crippen LogP contribution < -0.4 is 0 Å². The van der Waals surface area contributed by atoms with Gasteiger partial charge in [-0.1, -0.05) is 32.6 Å². The van der Waals surface area contributed by atoms with Gasteiger partial charge < -0.3 is 5.11 Å². The molecule has 18 heavy (non-hydrogen) atoms. The van der Waals surface area contributed by atoms with Crippen LogP contribution in [0.25, 0.3) is 0 Å². The number of aliphatic hydroxyl groups excluding tert-OH is 1. The highest BCUT2D eigenvalue weighted by Gasteiger charge is 2.40. The fraction of sp³-hybridized carbons (Fsp3) is 0.882. The first-order valence-corrected chi connectivity index (χ1v) is 7.43. The van der Waals surface area contributed by atoms with E-state index < -0.39 is 0 Å². The third-order valence-electron chi connectivity index (χ3n) is 3.88. The number of hydrogen-bond acceptors (Lipinski definition) is 1. The van der Waals surface area contributed by atoms with Gasteiger partial charge in [0.05, 0.1) is 6.10 Å². The minimum absolute atomic E-state index is 0.0423. The Kier molecular flexibility index (Phi) is 5.29. The zero-order valence-electron chi connectivity index (χ0n) is 12.8. The smallest absolute Gasteiger partial charge is 0.0705 e. The molecule has 1 fully saturated rings. The summed E-state index contributed by atoms with van der Waals surface area (Å²) >= 11 is 0. The maximum Gasteiger partial charge on any atom is 0.0705 e. The Balaban J connectivity index is 2.65. The van der Waals surface area contributed by atoms with Gasteiger partial charge in [-0.15, -0.1) is 5.92 Å². The predicted molar refractivity (Wildman–Crippen MR) is 78.2 cm³/mol. The Morgan fingerprint density at radius 1 is 1.17 bits per heavy atom. The van der Waals surface area contributed by atoms with Crippen molar-refractivity contribution in [3.05, 3.63) is 0 Å². The van der Waals surface area contributed by atoms with Crippen LogP contribution in [0.1, 0.15) is 73.1 Å². The molecule has 0 aromatic rings. The van der Waals surface area contributed by atoms with E-state index >= 15 is 0 Å². The Hall–Kier alpha value is -0.480. The van der Waals surface area contributed by atoms with Gasteiger partial charge in [0, 0.05) is 11.8 Å². The first-order valence-electron chi connectivity index (χ1n) is 7.43. The van der Waals surface area contributed by atoms with Crippen LogP contribution in [-0.4, -0.2) is 11.2 Å². The molecule has 0 aromatic carbocycles. The summed E-state index contributed by atoms with van der Waals surface area (Å²) < 4.78 is 0. The lowest BCUT2D eigenvalue weighted by Gasteiger charge is -2.35. The van der Waals surface area contributed by atoms with Crippen molar-refractivity contribution in [3.63, 3.8) is 0 Å². The molecule has 0 spiro atoms. The minimum Gasteiger partial charge on any atom is -0.392 e. The topological polar surface area (TPSA) is 20.2 Å². The van der Waals surface area contributed by atoms with E-state index in [0.29, 0.717) is 12.3 Å². The van der Waals surface area contributed by atoms with Gasteiger partial charge in [-0.25, -0.2) is 0 Å². The number of hydrogen-bond donors (Lipinski definition) is 1. The molecule has 0 aromatic heterocycles. The van der Waals surface area contributed by atoms with Crippen LogP contribution in [0.4, 0.5) is 0 Å². The highest BCUT2D eigenvalue weighted by Crippen LogP contribution is 2.46. The fourth-order valence-corrected chi connectivity index (χ4v) is 3.19. The maximum absolute atomic E-state index is 10.5. The third-order valence-corrected chi connectivity index (χ3v) is 3.88. The van der Waals surface area contributed by atoms with Crippen molar-refractivity contribution in [2.45, 2.75) is 79.2 Å². The summed E-state index contributed by atoms with van der Waals surface area (Å²) in [5, 5.41) is 10.5. The molecule has 0 bridgehead atoms. The van der Waals surface area contributed by atoms with Crippen molar-refractivity contribution < 1.29 is 5.11 Å². The van der Waals surface area contributed by atoms with E-state index in [1.54, 1.807) is 0 Å². The maximum atomic E-state index is 10.5. The van der Waals surface area contributed by atoms with Gasteiger partial charge >= 0.3 is 0 Å². The van der Waals surface area contributed by atoms with Crippen LogP contribution in [0.15, 0.2) is 0 Å². The molecule has 1 nitrogen and oxygen atoms in total. The van der Waals surface area contributed by atoms with E-state index in [1.165, 1.54) is 25.7 Å². The van der Waals surface area contributed by atoms with Gasteiger partial charge in [0.2, 0.25) is 0 Å². The van der Waals surface area contributed by atoms with E-state index in [1.807, 2.05) is 0 Å². The average Bonchev–Trinajstić information content (AvgIpc) is 2.64. The van der Waals surface area contributed by atoms with Crippen LogP contribution in [0.2, 0.25) is 0 Å². The number of rotatable bonds is 4. The van der Waals surface area contributed by atoms with Crippen molar-refractivity contribution in [2.24, 2.45) is 16.7 Å². The quantitative estimate of drug-likeness (QED) is 0.734. The van der Waals surface area contributed by atoms with E-state index in [0.717, 1.165) is 6.42 Å². The van der Waals surface area contributed by atoms with Gasteiger partial charge in [0.15, 0.2) is 0 Å². The standard InChI is InChI=1S/C17H30O/c1-14(2)13-17(11-6-7-12-17)15(18)9-8-10-16(3,4)5/h14-15,18H,6-7,9,11-13H2,1-5H3. The van der Waals surface area contributed by atoms with E-state index in [-0.39, 0.29) is 16.9 Å². The Morgan fingerprint density at radius 2 is 1.72 bits per heavy atom. The van der Waals surface area contributed by atoms with Crippen LogP contribution in [-0.2, 0) is 0 Å². The minimum atomic E-state index is -0.239. The van der Waals surface area contributed by atoms with Gasteiger partial charge in [-0.05, 0) is 51.4 Å². The van der Waals surface area contributed by atoms with Crippen LogP contribution >= 0.6 is 0 Å². The first-order chi connectivity index (χ1) is 8.25. The second kappa shape index (κ2) is 6.11. The summed E-state index contributed by atoms with van der Waals surface area (Å²) in [6.45, 7) is 10.9. The van der Waals surface area contributed by atoms with Crippen LogP contribution in [0.5, 0.6) is 0 Å². The highest BCUT2D eigenvalue weighted by molar-refractivity contribution is 5.09. The lowest BCUT2D eigenvalue weighted by molar-refractivity contribution is 0.0167. The van der Waals surface area contributed by atoms with Crippen LogP contribution in [0, 0.1) is 28.6 Å². The normalized spacial score (nSPS) is 20.6. The molecule has 0 radical (unpaired) electrons. The summed E-state index contributed by atoms with van der Waals surface area (Å²) in [4.78, 5) is 0. The van der Waals surface area contributed by atoms with Gasteiger partial charge in [-0.3, -0.25) is 0 Å². The average molecular weight is 250 g/mol. The molecule has 1 aliphatic rings. The Labute approximate surface area is 113 Å². The molecule has 104 valence electrons. The Morgan fingerprint density at radius 3 is 2.17 bits per heavy atom. The zero-order valence-corrected chi connectivity index (χ0v) is 12.8. The molecular weight excluding hydrogens is 220 g/mol. The molecule has 1 atom stereocenters. The van der Waals surface area contributed by atoms with Gasteiger partial charge in [0.1, 0.15) is 0 Å². The third kappa shape index (κ3) is 4.65. The predicted octanol–water partition coefficient (Wildman–Crippen LogP) is 4.39. The highest BCUT2D eigenvalue weighted by atomic mass is 16.3. The zero-order chi connectivity index (χ0) is 13.8. The molecule has 1 heteroatoms. The second-order valence-corrected chi connectivity index (χ2v) is 7.44. The molecule has 0 saturated heterocycles. The molecule has 0 amide bonds. The monoisotopic (exact) mass is 250 g/mol. The second-order valence-electron chi connectivity index (χ2n) is 7.44. The summed E-state index contributed by atoms with van der Waals surface area (Å²) in [7, 11) is 0. The summed E-state index contributed by atoms with van der Waals surface area (Å²) in [5.74, 6) is 7.10. The lowest BCUT2D eigenvalue weighted by atomic mass is 9.73. The summed E-state index contributed by atoms with van der Waals surface area (Å²) in [6.07, 6.45) is 6.47. The largest absolute Gasteiger partial charge is 0.392 e. The molecule has 1 rings (SSSR count). The number of aliphatic hydroxyl groups is 1. The molecule has 1 N–H and O–H groups in total. The van der Waals surface area contributed by atoms with E-state index in [9.17, 15) is 5.11 Å². The van der Waals surface area contributed by atoms with Crippen molar-refractivity contribution >= 4 is 0 Å². The fourth-order valence-electron chi connectivity index (χ4n) is 3.19. The van der Waals surface area contributed by atoms with E-state index in [4.69, 9.17) is 0 Å². The molecule has 0 heterocycles. The molecule has 1 aliphatic carbocycles. The molecule has 1 unspecified atom stereocenters. The van der Waals surface area contributed by atoms with Crippen molar-refractivity contribution in [1.82, 2.24) is 0 Å². The molecule has 1 saturated carbocycles. The van der Waals surface area contributed by atoms with Gasteiger partial charge in [0.25, 0.3) is 0 Å². The van der Waals surface area contributed by atoms with Crippen molar-refractivity contribution in [2.75, 3.05) is 0 Å².